The van der Waals surface area contributed by atoms with Crippen LogP contribution in [-0.4, -0.2) is 6.26 Å². The molecule has 0 bridgehead atoms. The monoisotopic (exact) mass is 129 g/mol. The van der Waals surface area contributed by atoms with Crippen molar-refractivity contribution < 1.29 is 0 Å². The van der Waals surface area contributed by atoms with Crippen LogP contribution >= 0.6 is 11.8 Å². The van der Waals surface area contributed by atoms with Gasteiger partial charge in [0.15, 0.2) is 0 Å². The number of hydrogen-bond donors (Lipinski definition) is 0. The van der Waals surface area contributed by atoms with Crippen LogP contribution in [0.4, 0.5) is 0 Å². The molecule has 0 unspecified atom stereocenters. The van der Waals surface area contributed by atoms with Crippen molar-refractivity contribution in [2.45, 2.75) is 26.2 Å². The van der Waals surface area contributed by atoms with Crippen LogP contribution in [0.1, 0.15) is 26.2 Å². The highest BCUT2D eigenvalue weighted by Gasteiger charge is 1.75. The van der Waals surface area contributed by atoms with E-state index in [9.17, 15) is 0 Å². The zero-order chi connectivity index (χ0) is 6.24. The summed E-state index contributed by atoms with van der Waals surface area (Å²) in [6.07, 6.45) is 7.91. The Labute approximate surface area is 56.4 Å². The van der Waals surface area contributed by atoms with Crippen molar-refractivity contribution >= 4 is 11.8 Å². The Kier molecular flexibility index (Phi) is 7.17. The van der Waals surface area contributed by atoms with Gasteiger partial charge in [0.1, 0.15) is 0 Å². The lowest BCUT2D eigenvalue weighted by molar-refractivity contribution is 0.815. The predicted molar refractivity (Wildman–Crippen MR) is 40.9 cm³/mol. The molecule has 1 radical (unpaired) electrons. The molecule has 8 heavy (non-hydrogen) atoms. The average Bonchev–Trinajstić information content (AvgIpc) is 1.81. The summed E-state index contributed by atoms with van der Waals surface area (Å²) in [6.45, 7) is 2.20. The minimum absolute atomic E-state index is 1.19. The molecule has 0 aliphatic heterocycles. The van der Waals surface area contributed by atoms with Gasteiger partial charge in [-0.2, -0.15) is 0 Å². The lowest BCUT2D eigenvalue weighted by Crippen LogP contribution is -1.64. The number of allylic oxidation sites excluding steroid dienone is 1. The Morgan fingerprint density at radius 2 is 2.38 bits per heavy atom. The Morgan fingerprint density at radius 3 is 2.88 bits per heavy atom. The Hall–Kier alpha value is 0.0900. The van der Waals surface area contributed by atoms with Gasteiger partial charge in [-0.1, -0.05) is 25.8 Å². The quantitative estimate of drug-likeness (QED) is 0.526. The fourth-order valence-corrected chi connectivity index (χ4v) is 0.733. The lowest BCUT2D eigenvalue weighted by atomic mass is 10.2. The van der Waals surface area contributed by atoms with Crippen molar-refractivity contribution in [2.75, 3.05) is 6.26 Å². The third-order valence-electron chi connectivity index (χ3n) is 0.903. The first kappa shape index (κ1) is 8.09. The highest BCUT2D eigenvalue weighted by atomic mass is 32.2. The Morgan fingerprint density at radius 1 is 1.62 bits per heavy atom. The van der Waals surface area contributed by atoms with E-state index in [1.165, 1.54) is 19.3 Å². The topological polar surface area (TPSA) is 0 Å². The molecule has 0 N–H and O–H groups in total. The van der Waals surface area contributed by atoms with Gasteiger partial charge in [0.25, 0.3) is 0 Å². The molecule has 0 saturated carbocycles. The van der Waals surface area contributed by atoms with Gasteiger partial charge >= 0.3 is 0 Å². The summed E-state index contributed by atoms with van der Waals surface area (Å²) < 4.78 is 0. The van der Waals surface area contributed by atoms with Gasteiger partial charge in [-0.25, -0.2) is 0 Å². The second kappa shape index (κ2) is 7.09. The van der Waals surface area contributed by atoms with Gasteiger partial charge in [0.05, 0.1) is 0 Å². The van der Waals surface area contributed by atoms with Crippen LogP contribution in [-0.2, 0) is 0 Å². The van der Waals surface area contributed by atoms with E-state index < -0.39 is 0 Å². The number of thioether (sulfide) groups is 1. The molecule has 0 aromatic carbocycles. The van der Waals surface area contributed by atoms with Crippen LogP contribution in [0.25, 0.3) is 0 Å². The highest BCUT2D eigenvalue weighted by Crippen LogP contribution is 1.98. The fraction of sp³-hybridized carbons (Fsp3) is 0.714. The zero-order valence-electron chi connectivity index (χ0n) is 5.61. The van der Waals surface area contributed by atoms with Crippen LogP contribution in [0.2, 0.25) is 0 Å². The Balaban J connectivity index is 2.80. The molecule has 0 heterocycles. The minimum atomic E-state index is 1.19. The summed E-state index contributed by atoms with van der Waals surface area (Å²) in [5, 5.41) is 3.07. The van der Waals surface area contributed by atoms with Crippen LogP contribution in [0.5, 0.6) is 0 Å². The molecule has 1 heteroatoms. The average molecular weight is 129 g/mol. The minimum Gasteiger partial charge on any atom is -0.129 e. The van der Waals surface area contributed by atoms with Gasteiger partial charge < -0.3 is 0 Å². The molecule has 0 atom stereocenters. The van der Waals surface area contributed by atoms with Crippen molar-refractivity contribution in [3.63, 3.8) is 0 Å². The van der Waals surface area contributed by atoms with E-state index >= 15 is 0 Å². The predicted octanol–water partition coefficient (Wildman–Crippen LogP) is 2.86. The van der Waals surface area contributed by atoms with Crippen LogP contribution in [0.15, 0.2) is 6.08 Å². The van der Waals surface area contributed by atoms with Crippen molar-refractivity contribution in [1.29, 1.82) is 0 Å². The Bertz CT molecular complexity index is 57.4. The summed E-state index contributed by atoms with van der Waals surface area (Å²) in [7, 11) is 0. The second-order valence-corrected chi connectivity index (χ2v) is 2.31. The van der Waals surface area contributed by atoms with E-state index in [1.807, 2.05) is 6.26 Å². The van der Waals surface area contributed by atoms with E-state index in [0.29, 0.717) is 0 Å². The smallest absolute Gasteiger partial charge is 0.0162 e. The summed E-state index contributed by atoms with van der Waals surface area (Å²) in [5.74, 6) is 0. The summed E-state index contributed by atoms with van der Waals surface area (Å²) >= 11 is 1.65. The first-order valence-corrected chi connectivity index (χ1v) is 4.24. The van der Waals surface area contributed by atoms with Crippen molar-refractivity contribution in [3.8, 4) is 0 Å². The third kappa shape index (κ3) is 6.09. The molecule has 0 aromatic rings. The van der Waals surface area contributed by atoms with E-state index in [1.54, 1.807) is 11.8 Å². The largest absolute Gasteiger partial charge is 0.129 e. The van der Waals surface area contributed by atoms with Crippen LogP contribution in [0.3, 0.4) is 0 Å². The molecular formula is C7H13S. The van der Waals surface area contributed by atoms with Crippen molar-refractivity contribution in [3.05, 3.63) is 11.5 Å². The molecule has 0 saturated heterocycles. The van der Waals surface area contributed by atoms with Gasteiger partial charge in [0, 0.05) is 5.41 Å². The summed E-state index contributed by atoms with van der Waals surface area (Å²) in [5.41, 5.74) is 0. The molecule has 0 fully saturated rings. The van der Waals surface area contributed by atoms with Crippen molar-refractivity contribution in [2.24, 2.45) is 0 Å². The fourth-order valence-electron chi connectivity index (χ4n) is 0.448. The third-order valence-corrected chi connectivity index (χ3v) is 1.31. The first-order valence-electron chi connectivity index (χ1n) is 3.02. The maximum Gasteiger partial charge on any atom is 0.0162 e. The zero-order valence-corrected chi connectivity index (χ0v) is 6.42. The number of unbranched alkanes of at least 4 members (excludes halogenated alkanes) is 2. The number of rotatable bonds is 4. The molecule has 0 amide bonds. The second-order valence-electron chi connectivity index (χ2n) is 1.67. The van der Waals surface area contributed by atoms with Gasteiger partial charge in [-0.3, -0.25) is 0 Å². The molecular weight excluding hydrogens is 116 g/mol. The van der Waals surface area contributed by atoms with E-state index in [2.05, 4.69) is 18.4 Å². The highest BCUT2D eigenvalue weighted by molar-refractivity contribution is 8.00. The molecule has 0 aromatic heterocycles. The molecule has 47 valence electrons. The lowest BCUT2D eigenvalue weighted by Gasteiger charge is -1.84. The SMILES string of the molecule is CCCC/C=[C]\SC. The van der Waals surface area contributed by atoms with E-state index in [0.717, 1.165) is 0 Å². The molecule has 0 nitrogen and oxygen atoms in total. The van der Waals surface area contributed by atoms with Crippen LogP contribution in [0, 0.1) is 5.41 Å². The normalized spacial score (nSPS) is 10.8. The van der Waals surface area contributed by atoms with Crippen molar-refractivity contribution in [1.82, 2.24) is 0 Å². The summed E-state index contributed by atoms with van der Waals surface area (Å²) in [6, 6.07) is 0. The van der Waals surface area contributed by atoms with Gasteiger partial charge in [0.2, 0.25) is 0 Å². The molecule has 0 spiro atoms. The van der Waals surface area contributed by atoms with E-state index in [-0.39, 0.29) is 0 Å². The van der Waals surface area contributed by atoms with E-state index in [4.69, 9.17) is 0 Å². The standard InChI is InChI=1S/C7H13S/c1-3-4-5-6-7-8-2/h6H,3-5H2,1-2H3. The molecule has 0 aliphatic rings. The maximum atomic E-state index is 3.07. The molecule has 0 rings (SSSR count). The van der Waals surface area contributed by atoms with Crippen LogP contribution < -0.4 is 0 Å². The maximum absolute atomic E-state index is 3.07. The van der Waals surface area contributed by atoms with Gasteiger partial charge in [-0.15, -0.1) is 11.8 Å². The first-order chi connectivity index (χ1) is 3.91. The number of hydrogen-bond acceptors (Lipinski definition) is 1. The molecule has 0 aliphatic carbocycles. The van der Waals surface area contributed by atoms with Gasteiger partial charge in [-0.05, 0) is 12.7 Å². The summed E-state index contributed by atoms with van der Waals surface area (Å²) in [4.78, 5) is 0.